The minimum Gasteiger partial charge on any atom is -0.337 e. The average Bonchev–Trinajstić information content (AvgIpc) is 2.83. The fourth-order valence-corrected chi connectivity index (χ4v) is 2.02. The molecule has 0 aliphatic rings. The molecule has 0 unspecified atom stereocenters. The first kappa shape index (κ1) is 10.9. The molecule has 0 amide bonds. The van der Waals surface area contributed by atoms with Crippen LogP contribution in [0.3, 0.4) is 0 Å². The Kier molecular flexibility index (Phi) is 2.78. The summed E-state index contributed by atoms with van der Waals surface area (Å²) in [4.78, 5) is 12.0. The Hall–Kier alpha value is -2.20. The van der Waals surface area contributed by atoms with Gasteiger partial charge in [-0.3, -0.25) is 0 Å². The zero-order chi connectivity index (χ0) is 12.4. The number of H-pyrrole nitrogens is 1. The summed E-state index contributed by atoms with van der Waals surface area (Å²) in [5.74, 6) is 0.850. The minimum absolute atomic E-state index is 0.658. The van der Waals surface area contributed by atoms with Gasteiger partial charge in [0.25, 0.3) is 0 Å². The number of benzene rings is 1. The number of pyridine rings is 1. The van der Waals surface area contributed by atoms with Crippen LogP contribution in [0.15, 0.2) is 42.6 Å². The number of fused-ring (bicyclic) bond motifs is 1. The molecular weight excluding hydrogens is 224 g/mol. The van der Waals surface area contributed by atoms with Crippen molar-refractivity contribution in [3.63, 3.8) is 0 Å². The van der Waals surface area contributed by atoms with Gasteiger partial charge >= 0.3 is 0 Å². The quantitative estimate of drug-likeness (QED) is 0.734. The smallest absolute Gasteiger partial charge is 0.178 e. The minimum atomic E-state index is 0.658. The average molecular weight is 238 g/mol. The summed E-state index contributed by atoms with van der Waals surface area (Å²) in [6.07, 6.45) is 2.63. The van der Waals surface area contributed by atoms with Gasteiger partial charge in [0, 0.05) is 11.8 Å². The summed E-state index contributed by atoms with van der Waals surface area (Å²) < 4.78 is 0. The van der Waals surface area contributed by atoms with Crippen molar-refractivity contribution in [1.82, 2.24) is 15.0 Å². The Morgan fingerprint density at radius 3 is 2.94 bits per heavy atom. The zero-order valence-corrected chi connectivity index (χ0v) is 9.93. The van der Waals surface area contributed by atoms with Crippen molar-refractivity contribution in [2.45, 2.75) is 6.42 Å². The molecule has 0 fully saturated rings. The van der Waals surface area contributed by atoms with Crippen molar-refractivity contribution in [1.29, 1.82) is 0 Å². The van der Waals surface area contributed by atoms with E-state index in [4.69, 9.17) is 5.73 Å². The molecule has 0 atom stereocenters. The number of imidazole rings is 1. The van der Waals surface area contributed by atoms with Gasteiger partial charge in [-0.1, -0.05) is 18.2 Å². The van der Waals surface area contributed by atoms with Crippen molar-refractivity contribution in [3.8, 4) is 11.4 Å². The van der Waals surface area contributed by atoms with Gasteiger partial charge in [-0.25, -0.2) is 9.97 Å². The molecule has 18 heavy (non-hydrogen) atoms. The fourth-order valence-electron chi connectivity index (χ4n) is 2.02. The maximum Gasteiger partial charge on any atom is 0.178 e. The van der Waals surface area contributed by atoms with Gasteiger partial charge in [0.05, 0.1) is 5.52 Å². The van der Waals surface area contributed by atoms with Crippen LogP contribution in [0.1, 0.15) is 5.56 Å². The molecule has 0 bridgehead atoms. The number of rotatable bonds is 3. The Balaban J connectivity index is 2.05. The summed E-state index contributed by atoms with van der Waals surface area (Å²) in [6, 6.07) is 12.1. The van der Waals surface area contributed by atoms with Gasteiger partial charge in [0.15, 0.2) is 5.65 Å². The van der Waals surface area contributed by atoms with Crippen molar-refractivity contribution >= 4 is 11.2 Å². The van der Waals surface area contributed by atoms with E-state index in [9.17, 15) is 0 Å². The monoisotopic (exact) mass is 238 g/mol. The summed E-state index contributed by atoms with van der Waals surface area (Å²) in [7, 11) is 0. The Morgan fingerprint density at radius 2 is 2.11 bits per heavy atom. The van der Waals surface area contributed by atoms with Crippen molar-refractivity contribution < 1.29 is 0 Å². The lowest BCUT2D eigenvalue weighted by Crippen LogP contribution is -2.02. The number of nitrogens with zero attached hydrogens (tertiary/aromatic N) is 2. The molecule has 0 aliphatic heterocycles. The van der Waals surface area contributed by atoms with Crippen LogP contribution in [0.5, 0.6) is 0 Å². The van der Waals surface area contributed by atoms with E-state index in [2.05, 4.69) is 27.1 Å². The maximum absolute atomic E-state index is 5.58. The van der Waals surface area contributed by atoms with Crippen LogP contribution in [0.2, 0.25) is 0 Å². The number of hydrogen-bond donors (Lipinski definition) is 2. The number of nitrogens with one attached hydrogen (secondary N) is 1. The summed E-state index contributed by atoms with van der Waals surface area (Å²) in [5.41, 5.74) is 9.57. The third-order valence-corrected chi connectivity index (χ3v) is 2.89. The van der Waals surface area contributed by atoms with Crippen LogP contribution in [0.25, 0.3) is 22.6 Å². The van der Waals surface area contributed by atoms with Gasteiger partial charge in [-0.05, 0) is 36.7 Å². The lowest BCUT2D eigenvalue weighted by molar-refractivity contribution is 0.969. The lowest BCUT2D eigenvalue weighted by atomic mass is 10.1. The van der Waals surface area contributed by atoms with E-state index in [0.29, 0.717) is 6.54 Å². The highest BCUT2D eigenvalue weighted by Crippen LogP contribution is 2.20. The van der Waals surface area contributed by atoms with Crippen LogP contribution in [-0.2, 0) is 6.42 Å². The molecule has 90 valence electrons. The molecule has 3 aromatic rings. The summed E-state index contributed by atoms with van der Waals surface area (Å²) >= 11 is 0. The van der Waals surface area contributed by atoms with E-state index in [1.54, 1.807) is 6.20 Å². The van der Waals surface area contributed by atoms with Gasteiger partial charge < -0.3 is 10.7 Å². The zero-order valence-electron chi connectivity index (χ0n) is 9.93. The summed E-state index contributed by atoms with van der Waals surface area (Å²) in [6.45, 7) is 0.658. The Bertz CT molecular complexity index is 639. The van der Waals surface area contributed by atoms with E-state index in [1.807, 2.05) is 24.3 Å². The number of hydrogen-bond acceptors (Lipinski definition) is 3. The molecule has 1 aromatic carbocycles. The molecule has 3 rings (SSSR count). The van der Waals surface area contributed by atoms with Gasteiger partial charge in [-0.2, -0.15) is 0 Å². The van der Waals surface area contributed by atoms with Gasteiger partial charge in [0.2, 0.25) is 0 Å². The predicted molar refractivity (Wildman–Crippen MR) is 72.1 cm³/mol. The molecule has 2 heterocycles. The van der Waals surface area contributed by atoms with Crippen LogP contribution in [0.4, 0.5) is 0 Å². The number of aromatic amines is 1. The van der Waals surface area contributed by atoms with Crippen molar-refractivity contribution in [2.24, 2.45) is 5.73 Å². The van der Waals surface area contributed by atoms with Gasteiger partial charge in [-0.15, -0.1) is 0 Å². The van der Waals surface area contributed by atoms with E-state index in [0.717, 1.165) is 29.0 Å². The molecule has 4 heteroatoms. The first-order valence-corrected chi connectivity index (χ1v) is 5.97. The van der Waals surface area contributed by atoms with Crippen LogP contribution in [-0.4, -0.2) is 21.5 Å². The molecule has 0 aliphatic carbocycles. The summed E-state index contributed by atoms with van der Waals surface area (Å²) in [5, 5.41) is 0. The molecular formula is C14H14N4. The molecule has 0 saturated heterocycles. The van der Waals surface area contributed by atoms with E-state index in [1.165, 1.54) is 5.56 Å². The Morgan fingerprint density at radius 1 is 1.17 bits per heavy atom. The van der Waals surface area contributed by atoms with Crippen LogP contribution in [0, 0.1) is 0 Å². The van der Waals surface area contributed by atoms with Crippen LogP contribution < -0.4 is 5.73 Å². The normalized spacial score (nSPS) is 10.9. The van der Waals surface area contributed by atoms with E-state index < -0.39 is 0 Å². The second kappa shape index (κ2) is 4.58. The molecule has 3 N–H and O–H groups in total. The molecule has 0 spiro atoms. The third kappa shape index (κ3) is 1.98. The van der Waals surface area contributed by atoms with E-state index >= 15 is 0 Å². The number of nitrogens with two attached hydrogens (primary N) is 1. The van der Waals surface area contributed by atoms with Crippen molar-refractivity contribution in [2.75, 3.05) is 6.54 Å². The molecule has 4 nitrogen and oxygen atoms in total. The lowest BCUT2D eigenvalue weighted by Gasteiger charge is -2.01. The first-order chi connectivity index (χ1) is 8.86. The van der Waals surface area contributed by atoms with Gasteiger partial charge in [0.1, 0.15) is 5.82 Å². The van der Waals surface area contributed by atoms with Crippen LogP contribution >= 0.6 is 0 Å². The molecule has 2 aromatic heterocycles. The first-order valence-electron chi connectivity index (χ1n) is 5.97. The molecule has 0 radical (unpaired) electrons. The maximum atomic E-state index is 5.58. The van der Waals surface area contributed by atoms with E-state index in [-0.39, 0.29) is 0 Å². The standard InChI is InChI=1S/C14H14N4/c15-7-6-10-3-1-4-11(9-10)13-17-12-5-2-8-16-14(12)18-13/h1-5,8-9H,6-7,15H2,(H,16,17,18). The molecule has 0 saturated carbocycles. The second-order valence-electron chi connectivity index (χ2n) is 4.20. The third-order valence-electron chi connectivity index (χ3n) is 2.89. The topological polar surface area (TPSA) is 67.6 Å². The SMILES string of the molecule is NCCc1cccc(-c2nc3ncccc3[nH]2)c1. The Labute approximate surface area is 105 Å². The second-order valence-corrected chi connectivity index (χ2v) is 4.20. The van der Waals surface area contributed by atoms with Crippen molar-refractivity contribution in [3.05, 3.63) is 48.2 Å². The highest BCUT2D eigenvalue weighted by molar-refractivity contribution is 5.75. The number of aromatic nitrogens is 3. The predicted octanol–water partition coefficient (Wildman–Crippen LogP) is 2.13. The highest BCUT2D eigenvalue weighted by atomic mass is 15.0. The fraction of sp³-hybridized carbons (Fsp3) is 0.143. The highest BCUT2D eigenvalue weighted by Gasteiger charge is 2.05. The largest absolute Gasteiger partial charge is 0.337 e.